The van der Waals surface area contributed by atoms with Crippen molar-refractivity contribution < 1.29 is 9.59 Å². The van der Waals surface area contributed by atoms with E-state index in [0.29, 0.717) is 22.8 Å². The number of nitriles is 1. The first-order valence-corrected chi connectivity index (χ1v) is 12.8. The van der Waals surface area contributed by atoms with Crippen LogP contribution in [0.25, 0.3) is 10.2 Å². The molecule has 4 atom stereocenters. The third-order valence-corrected chi connectivity index (χ3v) is 9.01. The first-order valence-electron chi connectivity index (χ1n) is 11.2. The van der Waals surface area contributed by atoms with E-state index >= 15 is 0 Å². The first-order chi connectivity index (χ1) is 16.5. The first kappa shape index (κ1) is 21.5. The van der Waals surface area contributed by atoms with Gasteiger partial charge in [0, 0.05) is 12.2 Å². The van der Waals surface area contributed by atoms with E-state index in [1.807, 2.05) is 32.2 Å². The Bertz CT molecular complexity index is 1410. The highest BCUT2D eigenvalue weighted by Gasteiger charge is 2.59. The van der Waals surface area contributed by atoms with Gasteiger partial charge in [0.05, 0.1) is 33.3 Å². The van der Waals surface area contributed by atoms with Crippen molar-refractivity contribution in [3.8, 4) is 6.07 Å². The minimum absolute atomic E-state index is 0.0787. The standard InChI is InChI=1S/C25H21N5O2S2/c1-12-7-15(11-27-2)17(10-26)22(28-12)34-25-29-18-6-5-16(9-19(18)33-25)30-23(31)20-13-3-4-14(8-13)21(20)24(30)32/h3-7,9,13-14,20-21,27H,8,11H2,1-2H3/t13-,14-,20-,21+/m0/s1. The third kappa shape index (κ3) is 3.21. The van der Waals surface area contributed by atoms with Gasteiger partial charge in [0.25, 0.3) is 0 Å². The number of amides is 2. The highest BCUT2D eigenvalue weighted by atomic mass is 32.2. The molecule has 3 heterocycles. The summed E-state index contributed by atoms with van der Waals surface area (Å²) in [5.74, 6) is -0.204. The van der Waals surface area contributed by atoms with Crippen LogP contribution >= 0.6 is 23.1 Å². The zero-order valence-corrected chi connectivity index (χ0v) is 20.2. The van der Waals surface area contributed by atoms with Gasteiger partial charge in [-0.25, -0.2) is 14.9 Å². The van der Waals surface area contributed by atoms with Gasteiger partial charge in [-0.3, -0.25) is 9.59 Å². The van der Waals surface area contributed by atoms with Gasteiger partial charge in [-0.1, -0.05) is 12.2 Å². The molecule has 0 spiro atoms. The molecule has 2 aliphatic carbocycles. The van der Waals surface area contributed by atoms with Crippen LogP contribution in [0.1, 0.15) is 23.2 Å². The maximum Gasteiger partial charge on any atom is 0.238 e. The van der Waals surface area contributed by atoms with Gasteiger partial charge in [0.15, 0.2) is 4.34 Å². The number of allylic oxidation sites excluding steroid dienone is 2. The Labute approximate surface area is 204 Å². The molecule has 170 valence electrons. The quantitative estimate of drug-likeness (QED) is 0.428. The molecule has 2 fully saturated rings. The summed E-state index contributed by atoms with van der Waals surface area (Å²) in [6.07, 6.45) is 5.13. The summed E-state index contributed by atoms with van der Waals surface area (Å²) in [6.45, 7) is 2.50. The van der Waals surface area contributed by atoms with Crippen LogP contribution < -0.4 is 10.2 Å². The number of thiazole rings is 1. The molecule has 7 nitrogen and oxygen atoms in total. The number of rotatable bonds is 5. The average Bonchev–Trinajstić information content (AvgIpc) is 3.56. The Hall–Kier alpha value is -3.06. The van der Waals surface area contributed by atoms with E-state index in [1.54, 1.807) is 6.07 Å². The smallest absolute Gasteiger partial charge is 0.238 e. The largest absolute Gasteiger partial charge is 0.316 e. The summed E-state index contributed by atoms with van der Waals surface area (Å²) in [4.78, 5) is 37.0. The van der Waals surface area contributed by atoms with Gasteiger partial charge in [-0.2, -0.15) is 5.26 Å². The van der Waals surface area contributed by atoms with Gasteiger partial charge in [-0.05, 0) is 73.8 Å². The zero-order valence-electron chi connectivity index (χ0n) is 18.6. The summed E-state index contributed by atoms with van der Waals surface area (Å²) in [5, 5.41) is 13.5. The molecule has 34 heavy (non-hydrogen) atoms. The van der Waals surface area contributed by atoms with Crippen molar-refractivity contribution in [1.82, 2.24) is 15.3 Å². The van der Waals surface area contributed by atoms with E-state index in [0.717, 1.165) is 32.2 Å². The van der Waals surface area contributed by atoms with E-state index in [-0.39, 0.29) is 35.5 Å². The predicted octanol–water partition coefficient (Wildman–Crippen LogP) is 4.05. The second-order valence-electron chi connectivity index (χ2n) is 8.99. The third-order valence-electron chi connectivity index (χ3n) is 6.94. The van der Waals surface area contributed by atoms with Gasteiger partial charge in [-0.15, -0.1) is 11.3 Å². The summed E-state index contributed by atoms with van der Waals surface area (Å²) in [6, 6.07) is 9.75. The highest BCUT2D eigenvalue weighted by Crippen LogP contribution is 2.53. The van der Waals surface area contributed by atoms with Crippen LogP contribution in [0.4, 0.5) is 5.69 Å². The Morgan fingerprint density at radius 3 is 2.59 bits per heavy atom. The van der Waals surface area contributed by atoms with Crippen LogP contribution in [0, 0.1) is 41.9 Å². The predicted molar refractivity (Wildman–Crippen MR) is 130 cm³/mol. The van der Waals surface area contributed by atoms with Crippen molar-refractivity contribution >= 4 is 50.8 Å². The number of carbonyl (C=O) groups is 2. The Morgan fingerprint density at radius 1 is 1.18 bits per heavy atom. The average molecular weight is 488 g/mol. The molecule has 3 aromatic rings. The summed E-state index contributed by atoms with van der Waals surface area (Å²) >= 11 is 2.84. The maximum atomic E-state index is 13.2. The highest BCUT2D eigenvalue weighted by molar-refractivity contribution is 8.01. The van der Waals surface area contributed by atoms with Crippen molar-refractivity contribution in [3.05, 3.63) is 53.2 Å². The topological polar surface area (TPSA) is 99.0 Å². The number of nitrogens with zero attached hydrogens (tertiary/aromatic N) is 4. The monoisotopic (exact) mass is 487 g/mol. The van der Waals surface area contributed by atoms with Gasteiger partial charge in [0.1, 0.15) is 11.1 Å². The Kier molecular flexibility index (Phi) is 5.06. The number of aryl methyl sites for hydroxylation is 1. The number of anilines is 1. The van der Waals surface area contributed by atoms with E-state index in [1.165, 1.54) is 28.0 Å². The van der Waals surface area contributed by atoms with Crippen LogP contribution in [0.5, 0.6) is 0 Å². The fourth-order valence-electron chi connectivity index (χ4n) is 5.55. The molecule has 2 aromatic heterocycles. The molecule has 1 aliphatic heterocycles. The number of aromatic nitrogens is 2. The number of imide groups is 1. The number of fused-ring (bicyclic) bond motifs is 6. The molecule has 0 unspecified atom stereocenters. The van der Waals surface area contributed by atoms with Gasteiger partial charge >= 0.3 is 0 Å². The van der Waals surface area contributed by atoms with Crippen LogP contribution in [-0.4, -0.2) is 28.8 Å². The molecule has 6 rings (SSSR count). The summed E-state index contributed by atoms with van der Waals surface area (Å²) in [5.41, 5.74) is 3.70. The molecular formula is C25H21N5O2S2. The maximum absolute atomic E-state index is 13.2. The van der Waals surface area contributed by atoms with E-state index in [2.05, 4.69) is 28.5 Å². The fraction of sp³-hybridized carbons (Fsp3) is 0.320. The molecular weight excluding hydrogens is 466 g/mol. The lowest BCUT2D eigenvalue weighted by molar-refractivity contribution is -0.123. The second kappa shape index (κ2) is 8.01. The molecule has 2 amide bonds. The number of nitrogens with one attached hydrogen (secondary N) is 1. The van der Waals surface area contributed by atoms with Crippen molar-refractivity contribution in [1.29, 1.82) is 5.26 Å². The normalized spacial score (nSPS) is 24.9. The molecule has 2 bridgehead atoms. The lowest BCUT2D eigenvalue weighted by atomic mass is 9.85. The lowest BCUT2D eigenvalue weighted by Gasteiger charge is -2.17. The molecule has 1 saturated heterocycles. The van der Waals surface area contributed by atoms with Gasteiger partial charge < -0.3 is 5.32 Å². The summed E-state index contributed by atoms with van der Waals surface area (Å²) < 4.78 is 1.65. The fourth-order valence-corrected chi connectivity index (χ4v) is 7.73. The number of pyridine rings is 1. The molecule has 1 N–H and O–H groups in total. The Balaban J connectivity index is 1.32. The Morgan fingerprint density at radius 2 is 1.91 bits per heavy atom. The second-order valence-corrected chi connectivity index (χ2v) is 11.3. The van der Waals surface area contributed by atoms with Crippen LogP contribution in [0.15, 0.2) is 45.8 Å². The zero-order chi connectivity index (χ0) is 23.6. The minimum atomic E-state index is -0.214. The molecule has 9 heteroatoms. The number of benzene rings is 1. The van der Waals surface area contributed by atoms with Gasteiger partial charge in [0.2, 0.25) is 11.8 Å². The lowest BCUT2D eigenvalue weighted by Crippen LogP contribution is -2.32. The van der Waals surface area contributed by atoms with Crippen molar-refractivity contribution in [2.75, 3.05) is 11.9 Å². The molecule has 1 aromatic carbocycles. The van der Waals surface area contributed by atoms with Crippen LogP contribution in [0.2, 0.25) is 0 Å². The van der Waals surface area contributed by atoms with Crippen molar-refractivity contribution in [3.63, 3.8) is 0 Å². The van der Waals surface area contributed by atoms with E-state index in [4.69, 9.17) is 4.98 Å². The van der Waals surface area contributed by atoms with Crippen molar-refractivity contribution in [2.45, 2.75) is 29.3 Å². The van der Waals surface area contributed by atoms with E-state index in [9.17, 15) is 14.9 Å². The summed E-state index contributed by atoms with van der Waals surface area (Å²) in [7, 11) is 1.85. The van der Waals surface area contributed by atoms with Crippen LogP contribution in [0.3, 0.4) is 0 Å². The number of hydrogen-bond acceptors (Lipinski definition) is 8. The molecule has 1 saturated carbocycles. The molecule has 0 radical (unpaired) electrons. The number of carbonyl (C=O) groups excluding carboxylic acids is 2. The number of hydrogen-bond donors (Lipinski definition) is 1. The van der Waals surface area contributed by atoms with Crippen LogP contribution in [-0.2, 0) is 16.1 Å². The molecule has 3 aliphatic rings. The van der Waals surface area contributed by atoms with E-state index < -0.39 is 0 Å². The van der Waals surface area contributed by atoms with Crippen molar-refractivity contribution in [2.24, 2.45) is 23.7 Å². The SMILES string of the molecule is CNCc1cc(C)nc(Sc2nc3ccc(N4C(=O)[C@@H]5[C@H](C4=O)[C@H]4C=C[C@H]5C4)cc3s2)c1C#N. The minimum Gasteiger partial charge on any atom is -0.316 e.